The molecule has 0 saturated carbocycles. The van der Waals surface area contributed by atoms with Crippen LogP contribution in [0.2, 0.25) is 5.15 Å². The molecule has 0 radical (unpaired) electrons. The smallest absolute Gasteiger partial charge is 0.274 e. The van der Waals surface area contributed by atoms with Gasteiger partial charge in [0.15, 0.2) is 0 Å². The van der Waals surface area contributed by atoms with Gasteiger partial charge >= 0.3 is 0 Å². The summed E-state index contributed by atoms with van der Waals surface area (Å²) < 4.78 is 0. The van der Waals surface area contributed by atoms with Crippen LogP contribution in [0, 0.1) is 0 Å². The fourth-order valence-electron chi connectivity index (χ4n) is 1.63. The first-order chi connectivity index (χ1) is 8.09. The average Bonchev–Trinajstić information content (AvgIpc) is 2.33. The zero-order valence-corrected chi connectivity index (χ0v) is 9.94. The lowest BCUT2D eigenvalue weighted by atomic mass is 10.2. The van der Waals surface area contributed by atoms with Crippen LogP contribution in [0.3, 0.4) is 0 Å². The highest BCUT2D eigenvalue weighted by Gasteiger charge is 2.30. The van der Waals surface area contributed by atoms with E-state index < -0.39 is 6.04 Å². The molecular weight excluding hydrogens is 244 g/mol. The van der Waals surface area contributed by atoms with Gasteiger partial charge in [-0.05, 0) is 6.92 Å². The molecule has 0 spiro atoms. The Morgan fingerprint density at radius 2 is 2.29 bits per heavy atom. The van der Waals surface area contributed by atoms with Crippen LogP contribution in [0.5, 0.6) is 0 Å². The molecule has 1 unspecified atom stereocenters. The van der Waals surface area contributed by atoms with Gasteiger partial charge in [0, 0.05) is 13.1 Å². The molecule has 1 N–H and O–H groups in total. The second-order valence-electron chi connectivity index (χ2n) is 3.69. The number of carbonyl (C=O) groups excluding carboxylic acids is 2. The Labute approximate surface area is 103 Å². The SMILES string of the molecule is CC1C(=O)NCCN1C(=O)c1cnc(Cl)cn1. The number of nitrogens with one attached hydrogen (secondary N) is 1. The predicted molar refractivity (Wildman–Crippen MR) is 60.6 cm³/mol. The Morgan fingerprint density at radius 1 is 1.53 bits per heavy atom. The van der Waals surface area contributed by atoms with E-state index >= 15 is 0 Å². The van der Waals surface area contributed by atoms with E-state index in [1.54, 1.807) is 6.92 Å². The molecule has 1 aromatic heterocycles. The molecule has 1 saturated heterocycles. The van der Waals surface area contributed by atoms with Crippen molar-refractivity contribution < 1.29 is 9.59 Å². The van der Waals surface area contributed by atoms with Crippen molar-refractivity contribution in [2.45, 2.75) is 13.0 Å². The van der Waals surface area contributed by atoms with Crippen molar-refractivity contribution in [1.82, 2.24) is 20.2 Å². The third kappa shape index (κ3) is 2.36. The van der Waals surface area contributed by atoms with Crippen molar-refractivity contribution in [3.05, 3.63) is 23.2 Å². The van der Waals surface area contributed by atoms with E-state index in [9.17, 15) is 9.59 Å². The molecule has 1 aromatic rings. The fourth-order valence-corrected chi connectivity index (χ4v) is 1.73. The molecule has 7 heteroatoms. The van der Waals surface area contributed by atoms with E-state index in [0.29, 0.717) is 13.1 Å². The van der Waals surface area contributed by atoms with Crippen LogP contribution >= 0.6 is 11.6 Å². The molecule has 0 aliphatic carbocycles. The van der Waals surface area contributed by atoms with Crippen molar-refractivity contribution in [1.29, 1.82) is 0 Å². The van der Waals surface area contributed by atoms with Gasteiger partial charge in [-0.15, -0.1) is 0 Å². The number of aromatic nitrogens is 2. The Morgan fingerprint density at radius 3 is 2.94 bits per heavy atom. The Hall–Kier alpha value is -1.69. The lowest BCUT2D eigenvalue weighted by Crippen LogP contribution is -2.55. The van der Waals surface area contributed by atoms with Gasteiger partial charge in [0.25, 0.3) is 5.91 Å². The van der Waals surface area contributed by atoms with E-state index in [1.165, 1.54) is 17.3 Å². The van der Waals surface area contributed by atoms with Crippen LogP contribution in [0.4, 0.5) is 0 Å². The average molecular weight is 255 g/mol. The number of hydrogen-bond acceptors (Lipinski definition) is 4. The van der Waals surface area contributed by atoms with Crippen LogP contribution in [0.25, 0.3) is 0 Å². The highest BCUT2D eigenvalue weighted by molar-refractivity contribution is 6.29. The number of rotatable bonds is 1. The van der Waals surface area contributed by atoms with Crippen molar-refractivity contribution in [2.24, 2.45) is 0 Å². The number of amides is 2. The number of piperazine rings is 1. The van der Waals surface area contributed by atoms with Gasteiger partial charge < -0.3 is 10.2 Å². The molecule has 1 aliphatic heterocycles. The molecule has 6 nitrogen and oxygen atoms in total. The minimum atomic E-state index is -0.492. The quantitative estimate of drug-likeness (QED) is 0.771. The number of hydrogen-bond donors (Lipinski definition) is 1. The zero-order chi connectivity index (χ0) is 12.4. The van der Waals surface area contributed by atoms with Crippen LogP contribution in [-0.4, -0.2) is 45.8 Å². The largest absolute Gasteiger partial charge is 0.353 e. The van der Waals surface area contributed by atoms with Gasteiger partial charge in [0.2, 0.25) is 5.91 Å². The number of halogens is 1. The van der Waals surface area contributed by atoms with Crippen LogP contribution < -0.4 is 5.32 Å². The summed E-state index contributed by atoms with van der Waals surface area (Å²) in [6, 6.07) is -0.492. The summed E-state index contributed by atoms with van der Waals surface area (Å²) >= 11 is 5.59. The molecule has 17 heavy (non-hydrogen) atoms. The summed E-state index contributed by atoms with van der Waals surface area (Å²) in [6.45, 7) is 2.60. The fraction of sp³-hybridized carbons (Fsp3) is 0.400. The first-order valence-electron chi connectivity index (χ1n) is 5.16. The molecule has 1 atom stereocenters. The third-order valence-corrected chi connectivity index (χ3v) is 2.79. The summed E-state index contributed by atoms with van der Waals surface area (Å²) in [5.74, 6) is -0.469. The second kappa shape index (κ2) is 4.67. The normalized spacial score (nSPS) is 20.0. The summed E-state index contributed by atoms with van der Waals surface area (Å²) in [5, 5.41) is 2.91. The van der Waals surface area contributed by atoms with Crippen molar-refractivity contribution in [3.8, 4) is 0 Å². The number of nitrogens with zero attached hydrogens (tertiary/aromatic N) is 3. The molecule has 90 valence electrons. The Bertz CT molecular complexity index is 448. The van der Waals surface area contributed by atoms with E-state index in [2.05, 4.69) is 15.3 Å². The van der Waals surface area contributed by atoms with Crippen LogP contribution in [-0.2, 0) is 4.79 Å². The first-order valence-corrected chi connectivity index (χ1v) is 5.53. The summed E-state index contributed by atoms with van der Waals surface area (Å²) in [4.78, 5) is 32.7. The lowest BCUT2D eigenvalue weighted by molar-refractivity contribution is -0.127. The molecule has 1 aliphatic rings. The van der Waals surface area contributed by atoms with Gasteiger partial charge in [-0.2, -0.15) is 0 Å². The van der Waals surface area contributed by atoms with Crippen molar-refractivity contribution in [3.63, 3.8) is 0 Å². The third-order valence-electron chi connectivity index (χ3n) is 2.60. The molecular formula is C10H11ClN4O2. The molecule has 2 heterocycles. The molecule has 2 amide bonds. The minimum Gasteiger partial charge on any atom is -0.353 e. The highest BCUT2D eigenvalue weighted by atomic mass is 35.5. The first kappa shape index (κ1) is 11.8. The van der Waals surface area contributed by atoms with E-state index in [0.717, 1.165) is 0 Å². The van der Waals surface area contributed by atoms with Crippen LogP contribution in [0.15, 0.2) is 12.4 Å². The molecule has 0 aromatic carbocycles. The molecule has 0 bridgehead atoms. The maximum Gasteiger partial charge on any atom is 0.274 e. The lowest BCUT2D eigenvalue weighted by Gasteiger charge is -2.32. The summed E-state index contributed by atoms with van der Waals surface area (Å²) in [6.07, 6.45) is 2.62. The van der Waals surface area contributed by atoms with Gasteiger partial charge in [0.05, 0.1) is 12.4 Å². The molecule has 2 rings (SSSR count). The molecule has 1 fully saturated rings. The summed E-state index contributed by atoms with van der Waals surface area (Å²) in [7, 11) is 0. The second-order valence-corrected chi connectivity index (χ2v) is 4.08. The zero-order valence-electron chi connectivity index (χ0n) is 9.18. The van der Waals surface area contributed by atoms with Gasteiger partial charge in [0.1, 0.15) is 16.9 Å². The van der Waals surface area contributed by atoms with E-state index in [1.807, 2.05) is 0 Å². The summed E-state index contributed by atoms with van der Waals surface area (Å²) in [5.41, 5.74) is 0.191. The topological polar surface area (TPSA) is 75.2 Å². The maximum atomic E-state index is 12.1. The van der Waals surface area contributed by atoms with E-state index in [-0.39, 0.29) is 22.7 Å². The van der Waals surface area contributed by atoms with Crippen molar-refractivity contribution >= 4 is 23.4 Å². The van der Waals surface area contributed by atoms with Gasteiger partial charge in [-0.3, -0.25) is 9.59 Å². The standard InChI is InChI=1S/C10H11ClN4O2/c1-6-9(16)12-2-3-15(6)10(17)7-4-14-8(11)5-13-7/h4-6H,2-3H2,1H3,(H,12,16). The Kier molecular flexibility index (Phi) is 3.23. The van der Waals surface area contributed by atoms with Crippen LogP contribution in [0.1, 0.15) is 17.4 Å². The maximum absolute atomic E-state index is 12.1. The predicted octanol–water partition coefficient (Wildman–Crippen LogP) is 0.0905. The van der Waals surface area contributed by atoms with Crippen molar-refractivity contribution in [2.75, 3.05) is 13.1 Å². The Balaban J connectivity index is 2.19. The monoisotopic (exact) mass is 254 g/mol. The minimum absolute atomic E-state index is 0.161. The van der Waals surface area contributed by atoms with E-state index in [4.69, 9.17) is 11.6 Å². The van der Waals surface area contributed by atoms with Gasteiger partial charge in [-0.1, -0.05) is 11.6 Å². The highest BCUT2D eigenvalue weighted by Crippen LogP contribution is 2.10. The van der Waals surface area contributed by atoms with Gasteiger partial charge in [-0.25, -0.2) is 9.97 Å². The number of carbonyl (C=O) groups is 2.